The first-order valence-corrected chi connectivity index (χ1v) is 9.95. The summed E-state index contributed by atoms with van der Waals surface area (Å²) >= 11 is 0. The van der Waals surface area contributed by atoms with Gasteiger partial charge < -0.3 is 14.8 Å². The molecular formula is C24H22N2O4. The number of nitro benzene ring substituents is 1. The molecule has 0 aromatic heterocycles. The van der Waals surface area contributed by atoms with Gasteiger partial charge in [-0.05, 0) is 52.8 Å². The normalized spacial score (nSPS) is 21.1. The molecule has 3 aromatic carbocycles. The van der Waals surface area contributed by atoms with Crippen LogP contribution in [0.15, 0.2) is 60.7 Å². The van der Waals surface area contributed by atoms with Crippen molar-refractivity contribution in [3.63, 3.8) is 0 Å². The van der Waals surface area contributed by atoms with Gasteiger partial charge in [0, 0.05) is 23.7 Å². The minimum Gasteiger partial charge on any atom is -0.493 e. The Bertz CT molecular complexity index is 1140. The smallest absolute Gasteiger partial charge is 0.269 e. The molecule has 30 heavy (non-hydrogen) atoms. The van der Waals surface area contributed by atoms with Crippen molar-refractivity contribution in [1.29, 1.82) is 0 Å². The molecule has 1 N–H and O–H groups in total. The number of hydrogen-bond acceptors (Lipinski definition) is 5. The fourth-order valence-electron chi connectivity index (χ4n) is 5.04. The molecule has 0 fully saturated rings. The number of fused-ring (bicyclic) bond motifs is 5. The van der Waals surface area contributed by atoms with E-state index in [2.05, 4.69) is 29.6 Å². The molecule has 0 bridgehead atoms. The van der Waals surface area contributed by atoms with Crippen LogP contribution in [0.5, 0.6) is 11.5 Å². The number of nitro groups is 1. The van der Waals surface area contributed by atoms with E-state index in [1.807, 2.05) is 24.3 Å². The average Bonchev–Trinajstić information content (AvgIpc) is 3.17. The number of non-ortho nitro benzene ring substituents is 1. The van der Waals surface area contributed by atoms with E-state index >= 15 is 0 Å². The van der Waals surface area contributed by atoms with Crippen molar-refractivity contribution >= 4 is 11.4 Å². The van der Waals surface area contributed by atoms with Crippen molar-refractivity contribution in [2.24, 2.45) is 5.92 Å². The lowest BCUT2D eigenvalue weighted by Gasteiger charge is -2.38. The maximum absolute atomic E-state index is 11.4. The van der Waals surface area contributed by atoms with Crippen LogP contribution in [0, 0.1) is 16.0 Å². The third-order valence-electron chi connectivity index (χ3n) is 6.36. The number of hydrogen-bond donors (Lipinski definition) is 1. The topological polar surface area (TPSA) is 73.6 Å². The highest BCUT2D eigenvalue weighted by molar-refractivity contribution is 5.65. The first-order valence-electron chi connectivity index (χ1n) is 9.95. The van der Waals surface area contributed by atoms with E-state index < -0.39 is 0 Å². The van der Waals surface area contributed by atoms with Crippen LogP contribution in [0.2, 0.25) is 0 Å². The molecule has 3 aromatic rings. The maximum atomic E-state index is 11.4. The quantitative estimate of drug-likeness (QED) is 0.486. The van der Waals surface area contributed by atoms with Gasteiger partial charge in [-0.15, -0.1) is 0 Å². The zero-order valence-electron chi connectivity index (χ0n) is 16.8. The van der Waals surface area contributed by atoms with Crippen LogP contribution < -0.4 is 14.8 Å². The van der Waals surface area contributed by atoms with E-state index in [1.165, 1.54) is 11.1 Å². The Balaban J connectivity index is 1.65. The number of anilines is 1. The molecule has 0 saturated carbocycles. The van der Waals surface area contributed by atoms with Gasteiger partial charge in [0.2, 0.25) is 0 Å². The Morgan fingerprint density at radius 1 is 0.967 bits per heavy atom. The van der Waals surface area contributed by atoms with Gasteiger partial charge in [0.15, 0.2) is 11.5 Å². The Morgan fingerprint density at radius 3 is 2.53 bits per heavy atom. The summed E-state index contributed by atoms with van der Waals surface area (Å²) in [5.74, 6) is 1.74. The largest absolute Gasteiger partial charge is 0.493 e. The van der Waals surface area contributed by atoms with Crippen LogP contribution in [0.1, 0.15) is 34.2 Å². The zero-order chi connectivity index (χ0) is 20.8. The molecule has 1 heterocycles. The molecule has 0 radical (unpaired) electrons. The lowest BCUT2D eigenvalue weighted by atomic mass is 9.75. The van der Waals surface area contributed by atoms with Gasteiger partial charge in [-0.2, -0.15) is 0 Å². The minimum atomic E-state index is -0.323. The van der Waals surface area contributed by atoms with E-state index in [0.29, 0.717) is 11.5 Å². The molecule has 1 aliphatic carbocycles. The Hall–Kier alpha value is -3.54. The van der Waals surface area contributed by atoms with Crippen LogP contribution in [0.4, 0.5) is 11.4 Å². The monoisotopic (exact) mass is 402 g/mol. The number of ether oxygens (including phenoxy) is 2. The molecule has 0 amide bonds. The highest BCUT2D eigenvalue weighted by atomic mass is 16.6. The number of rotatable bonds is 4. The van der Waals surface area contributed by atoms with Crippen LogP contribution in [-0.2, 0) is 6.42 Å². The van der Waals surface area contributed by atoms with Crippen molar-refractivity contribution < 1.29 is 14.4 Å². The van der Waals surface area contributed by atoms with Crippen LogP contribution in [0.25, 0.3) is 0 Å². The number of nitrogens with zero attached hydrogens (tertiary/aromatic N) is 1. The zero-order valence-corrected chi connectivity index (χ0v) is 16.8. The predicted molar refractivity (Wildman–Crippen MR) is 114 cm³/mol. The first-order chi connectivity index (χ1) is 14.6. The lowest BCUT2D eigenvalue weighted by molar-refractivity contribution is -0.384. The van der Waals surface area contributed by atoms with Crippen LogP contribution in [-0.4, -0.2) is 19.1 Å². The van der Waals surface area contributed by atoms with Gasteiger partial charge in [-0.3, -0.25) is 10.1 Å². The van der Waals surface area contributed by atoms with Crippen molar-refractivity contribution in [2.45, 2.75) is 18.4 Å². The summed E-state index contributed by atoms with van der Waals surface area (Å²) in [6.45, 7) is 0. The van der Waals surface area contributed by atoms with Crippen molar-refractivity contribution in [1.82, 2.24) is 0 Å². The molecule has 5 rings (SSSR count). The summed E-state index contributed by atoms with van der Waals surface area (Å²) < 4.78 is 10.9. The molecule has 6 nitrogen and oxygen atoms in total. The molecule has 2 aliphatic rings. The van der Waals surface area contributed by atoms with E-state index in [1.54, 1.807) is 26.4 Å². The van der Waals surface area contributed by atoms with Crippen molar-refractivity contribution in [2.75, 3.05) is 19.5 Å². The van der Waals surface area contributed by atoms with E-state index in [9.17, 15) is 10.1 Å². The second-order valence-corrected chi connectivity index (χ2v) is 7.81. The number of benzene rings is 3. The van der Waals surface area contributed by atoms with Crippen LogP contribution >= 0.6 is 0 Å². The summed E-state index contributed by atoms with van der Waals surface area (Å²) in [4.78, 5) is 11.1. The fraction of sp³-hybridized carbons (Fsp3) is 0.250. The summed E-state index contributed by atoms with van der Waals surface area (Å²) in [6, 6.07) is 19.6. The molecule has 0 saturated heterocycles. The summed E-state index contributed by atoms with van der Waals surface area (Å²) in [6.07, 6.45) is 0.912. The lowest BCUT2D eigenvalue weighted by Crippen LogP contribution is -2.30. The predicted octanol–water partition coefficient (Wildman–Crippen LogP) is 5.08. The highest BCUT2D eigenvalue weighted by Gasteiger charge is 2.43. The van der Waals surface area contributed by atoms with Gasteiger partial charge in [-0.1, -0.05) is 30.3 Å². The second kappa shape index (κ2) is 7.06. The Kier molecular flexibility index (Phi) is 4.35. The Morgan fingerprint density at radius 2 is 1.77 bits per heavy atom. The van der Waals surface area contributed by atoms with Gasteiger partial charge in [0.1, 0.15) is 0 Å². The molecule has 3 atom stereocenters. The van der Waals surface area contributed by atoms with Crippen LogP contribution in [0.3, 0.4) is 0 Å². The minimum absolute atomic E-state index is 0.0520. The Labute approximate surface area is 174 Å². The second-order valence-electron chi connectivity index (χ2n) is 7.81. The summed E-state index contributed by atoms with van der Waals surface area (Å²) in [5.41, 5.74) is 5.74. The van der Waals surface area contributed by atoms with Crippen molar-refractivity contribution in [3.05, 3.63) is 93.0 Å². The third kappa shape index (κ3) is 2.79. The highest BCUT2D eigenvalue weighted by Crippen LogP contribution is 2.54. The summed E-state index contributed by atoms with van der Waals surface area (Å²) in [5, 5.41) is 15.1. The molecule has 1 aliphatic heterocycles. The average molecular weight is 402 g/mol. The first kappa shape index (κ1) is 18.5. The number of methoxy groups -OCH3 is 2. The molecule has 6 heteroatoms. The van der Waals surface area contributed by atoms with Gasteiger partial charge >= 0.3 is 0 Å². The SMILES string of the molecule is COc1ccc([C@@H]2Nc3ccc([N+](=O)[O-])cc3[C@@H]3c4ccccc4C[C@H]32)cc1OC. The van der Waals surface area contributed by atoms with E-state index in [4.69, 9.17) is 9.47 Å². The maximum Gasteiger partial charge on any atom is 0.269 e. The van der Waals surface area contributed by atoms with Crippen molar-refractivity contribution in [3.8, 4) is 11.5 Å². The van der Waals surface area contributed by atoms with Gasteiger partial charge in [-0.25, -0.2) is 0 Å². The molecule has 152 valence electrons. The standard InChI is InChI=1S/C24H22N2O4/c1-29-21-10-7-15(12-22(21)30-2)24-19-11-14-5-3-4-6-17(14)23(19)18-13-16(26(27)28)8-9-20(18)25-24/h3-10,12-13,19,23-25H,11H2,1-2H3/t19-,23+,24+/m1/s1. The van der Waals surface area contributed by atoms with E-state index in [0.717, 1.165) is 23.2 Å². The van der Waals surface area contributed by atoms with Gasteiger partial charge in [0.25, 0.3) is 5.69 Å². The van der Waals surface area contributed by atoms with Gasteiger partial charge in [0.05, 0.1) is 25.2 Å². The molecule has 0 unspecified atom stereocenters. The summed E-state index contributed by atoms with van der Waals surface area (Å²) in [7, 11) is 3.27. The molecular weight excluding hydrogens is 380 g/mol. The van der Waals surface area contributed by atoms with E-state index in [-0.39, 0.29) is 28.5 Å². The third-order valence-corrected chi connectivity index (χ3v) is 6.36. The number of nitrogens with one attached hydrogen (secondary N) is 1. The fourth-order valence-corrected chi connectivity index (χ4v) is 5.04. The molecule has 0 spiro atoms.